The van der Waals surface area contributed by atoms with Crippen molar-refractivity contribution >= 4 is 11.8 Å². The molecule has 0 aromatic heterocycles. The topological polar surface area (TPSA) is 69.6 Å². The monoisotopic (exact) mass is 292 g/mol. The molecule has 0 spiro atoms. The predicted molar refractivity (Wildman–Crippen MR) is 82.0 cm³/mol. The van der Waals surface area contributed by atoms with Crippen LogP contribution in [-0.2, 0) is 16.0 Å². The molecule has 0 unspecified atom stereocenters. The number of amides is 2. The number of nitrogens with one attached hydrogen (secondary N) is 1. The second kappa shape index (κ2) is 7.11. The maximum Gasteiger partial charge on any atom is 0.312 e. The van der Waals surface area contributed by atoms with Crippen LogP contribution in [0, 0.1) is 0 Å². The second-order valence-electron chi connectivity index (χ2n) is 5.89. The first-order valence-corrected chi connectivity index (χ1v) is 7.13. The standard InChI is InChI=1S/C16H24N2O3/c1-5-18(16(2,3)4)15(21)14(20)17-11-10-12-6-8-13(19)9-7-12/h6-9,19H,5,10-11H2,1-4H3,(H,17,20). The Labute approximate surface area is 126 Å². The third-order valence-electron chi connectivity index (χ3n) is 3.20. The summed E-state index contributed by atoms with van der Waals surface area (Å²) in [6.45, 7) is 8.44. The van der Waals surface area contributed by atoms with Crippen molar-refractivity contribution in [1.82, 2.24) is 10.2 Å². The van der Waals surface area contributed by atoms with E-state index in [4.69, 9.17) is 0 Å². The number of aromatic hydroxyl groups is 1. The normalized spacial score (nSPS) is 11.0. The molecular formula is C16H24N2O3. The Morgan fingerprint density at radius 2 is 1.76 bits per heavy atom. The highest BCUT2D eigenvalue weighted by molar-refractivity contribution is 6.35. The van der Waals surface area contributed by atoms with Gasteiger partial charge in [0, 0.05) is 18.6 Å². The summed E-state index contributed by atoms with van der Waals surface area (Å²) >= 11 is 0. The van der Waals surface area contributed by atoms with Gasteiger partial charge in [-0.05, 0) is 51.8 Å². The molecule has 2 amide bonds. The van der Waals surface area contributed by atoms with Gasteiger partial charge in [-0.3, -0.25) is 9.59 Å². The number of rotatable bonds is 4. The van der Waals surface area contributed by atoms with E-state index in [0.29, 0.717) is 19.5 Å². The summed E-state index contributed by atoms with van der Waals surface area (Å²) in [4.78, 5) is 25.5. The van der Waals surface area contributed by atoms with E-state index in [0.717, 1.165) is 5.56 Å². The van der Waals surface area contributed by atoms with Gasteiger partial charge < -0.3 is 15.3 Å². The number of nitrogens with zero attached hydrogens (tertiary/aromatic N) is 1. The summed E-state index contributed by atoms with van der Waals surface area (Å²) in [5.74, 6) is -0.872. The van der Waals surface area contributed by atoms with Gasteiger partial charge in [0.05, 0.1) is 0 Å². The maximum absolute atomic E-state index is 12.1. The van der Waals surface area contributed by atoms with Crippen molar-refractivity contribution < 1.29 is 14.7 Å². The largest absolute Gasteiger partial charge is 0.508 e. The fourth-order valence-electron chi connectivity index (χ4n) is 2.10. The molecule has 0 saturated carbocycles. The lowest BCUT2D eigenvalue weighted by atomic mass is 10.1. The molecule has 0 bridgehead atoms. The zero-order chi connectivity index (χ0) is 16.0. The molecule has 0 radical (unpaired) electrons. The SMILES string of the molecule is CCN(C(=O)C(=O)NCCc1ccc(O)cc1)C(C)(C)C. The molecule has 5 heteroatoms. The van der Waals surface area contributed by atoms with Gasteiger partial charge in [-0.15, -0.1) is 0 Å². The van der Waals surface area contributed by atoms with Crippen molar-refractivity contribution in [3.63, 3.8) is 0 Å². The number of carbonyl (C=O) groups is 2. The van der Waals surface area contributed by atoms with Gasteiger partial charge in [-0.1, -0.05) is 12.1 Å². The highest BCUT2D eigenvalue weighted by atomic mass is 16.3. The number of hydrogen-bond acceptors (Lipinski definition) is 3. The van der Waals surface area contributed by atoms with Crippen molar-refractivity contribution in [3.8, 4) is 5.75 Å². The van der Waals surface area contributed by atoms with Crippen LogP contribution in [0.5, 0.6) is 5.75 Å². The molecule has 1 aromatic rings. The van der Waals surface area contributed by atoms with E-state index in [1.807, 2.05) is 27.7 Å². The molecule has 1 rings (SSSR count). The minimum absolute atomic E-state index is 0.210. The van der Waals surface area contributed by atoms with E-state index in [-0.39, 0.29) is 11.3 Å². The zero-order valence-corrected chi connectivity index (χ0v) is 13.1. The number of benzene rings is 1. The second-order valence-corrected chi connectivity index (χ2v) is 5.89. The maximum atomic E-state index is 12.1. The number of phenolic OH excluding ortho intramolecular Hbond substituents is 1. The van der Waals surface area contributed by atoms with Gasteiger partial charge in [-0.25, -0.2) is 0 Å². The molecule has 0 aliphatic rings. The van der Waals surface area contributed by atoms with Crippen molar-refractivity contribution in [3.05, 3.63) is 29.8 Å². The fourth-order valence-corrected chi connectivity index (χ4v) is 2.10. The van der Waals surface area contributed by atoms with Crippen molar-refractivity contribution in [2.45, 2.75) is 39.7 Å². The molecular weight excluding hydrogens is 268 g/mol. The van der Waals surface area contributed by atoms with Gasteiger partial charge >= 0.3 is 11.8 Å². The average molecular weight is 292 g/mol. The smallest absolute Gasteiger partial charge is 0.312 e. The Morgan fingerprint density at radius 3 is 2.24 bits per heavy atom. The van der Waals surface area contributed by atoms with E-state index in [1.165, 1.54) is 0 Å². The van der Waals surface area contributed by atoms with Crippen LogP contribution >= 0.6 is 0 Å². The molecule has 2 N–H and O–H groups in total. The van der Waals surface area contributed by atoms with E-state index in [9.17, 15) is 14.7 Å². The Hall–Kier alpha value is -2.04. The lowest BCUT2D eigenvalue weighted by molar-refractivity contribution is -0.148. The summed E-state index contributed by atoms with van der Waals surface area (Å²) in [6, 6.07) is 6.77. The molecule has 0 saturated heterocycles. The molecule has 0 aliphatic carbocycles. The van der Waals surface area contributed by atoms with Gasteiger partial charge in [-0.2, -0.15) is 0 Å². The Balaban J connectivity index is 2.49. The summed E-state index contributed by atoms with van der Waals surface area (Å²) in [5.41, 5.74) is 0.615. The molecule has 1 aromatic carbocycles. The van der Waals surface area contributed by atoms with Crippen molar-refractivity contribution in [1.29, 1.82) is 0 Å². The average Bonchev–Trinajstić information content (AvgIpc) is 2.40. The van der Waals surface area contributed by atoms with Crippen molar-refractivity contribution in [2.75, 3.05) is 13.1 Å². The Morgan fingerprint density at radius 1 is 1.19 bits per heavy atom. The first kappa shape index (κ1) is 17.0. The van der Waals surface area contributed by atoms with Gasteiger partial charge in [0.1, 0.15) is 5.75 Å². The van der Waals surface area contributed by atoms with Gasteiger partial charge in [0.2, 0.25) is 0 Å². The number of hydrogen-bond donors (Lipinski definition) is 2. The highest BCUT2D eigenvalue weighted by Gasteiger charge is 2.29. The summed E-state index contributed by atoms with van der Waals surface area (Å²) < 4.78 is 0. The molecule has 0 aliphatic heterocycles. The first-order chi connectivity index (χ1) is 9.75. The minimum Gasteiger partial charge on any atom is -0.508 e. The van der Waals surface area contributed by atoms with Crippen molar-refractivity contribution in [2.24, 2.45) is 0 Å². The van der Waals surface area contributed by atoms with Crippen LogP contribution in [-0.4, -0.2) is 40.4 Å². The summed E-state index contributed by atoms with van der Waals surface area (Å²) in [5, 5.41) is 11.8. The third kappa shape index (κ3) is 5.10. The highest BCUT2D eigenvalue weighted by Crippen LogP contribution is 2.13. The minimum atomic E-state index is -0.578. The van der Waals surface area contributed by atoms with Gasteiger partial charge in [0.25, 0.3) is 0 Å². The Kier molecular flexibility index (Phi) is 5.76. The molecule has 116 valence electrons. The lowest BCUT2D eigenvalue weighted by Crippen LogP contribution is -2.51. The van der Waals surface area contributed by atoms with Crippen LogP contribution in [0.15, 0.2) is 24.3 Å². The fraction of sp³-hybridized carbons (Fsp3) is 0.500. The number of likely N-dealkylation sites (N-methyl/N-ethyl adjacent to an activating group) is 1. The molecule has 0 heterocycles. The number of carbonyl (C=O) groups excluding carboxylic acids is 2. The zero-order valence-electron chi connectivity index (χ0n) is 13.1. The molecule has 5 nitrogen and oxygen atoms in total. The van der Waals surface area contributed by atoms with E-state index < -0.39 is 11.8 Å². The summed E-state index contributed by atoms with van der Waals surface area (Å²) in [7, 11) is 0. The first-order valence-electron chi connectivity index (χ1n) is 7.13. The van der Waals surface area contributed by atoms with Crippen LogP contribution < -0.4 is 5.32 Å². The van der Waals surface area contributed by atoms with Crippen LogP contribution in [0.4, 0.5) is 0 Å². The molecule has 0 atom stereocenters. The lowest BCUT2D eigenvalue weighted by Gasteiger charge is -2.34. The van der Waals surface area contributed by atoms with Crippen LogP contribution in [0.25, 0.3) is 0 Å². The van der Waals surface area contributed by atoms with E-state index >= 15 is 0 Å². The molecule has 21 heavy (non-hydrogen) atoms. The quantitative estimate of drug-likeness (QED) is 0.830. The molecule has 0 fully saturated rings. The summed E-state index contributed by atoms with van der Waals surface area (Å²) in [6.07, 6.45) is 0.612. The van der Waals surface area contributed by atoms with E-state index in [1.54, 1.807) is 29.2 Å². The van der Waals surface area contributed by atoms with E-state index in [2.05, 4.69) is 5.32 Å². The van der Waals surface area contributed by atoms with Crippen LogP contribution in [0.2, 0.25) is 0 Å². The van der Waals surface area contributed by atoms with Crippen LogP contribution in [0.3, 0.4) is 0 Å². The third-order valence-corrected chi connectivity index (χ3v) is 3.20. The Bertz CT molecular complexity index is 489. The van der Waals surface area contributed by atoms with Crippen LogP contribution in [0.1, 0.15) is 33.3 Å². The number of phenols is 1. The predicted octanol–water partition coefficient (Wildman–Crippen LogP) is 1.70. The van der Waals surface area contributed by atoms with Gasteiger partial charge in [0.15, 0.2) is 0 Å².